The van der Waals surface area contributed by atoms with E-state index in [2.05, 4.69) is 10.3 Å². The largest absolute Gasteiger partial charge is 0.435 e. The van der Waals surface area contributed by atoms with Crippen molar-refractivity contribution in [2.75, 3.05) is 0 Å². The molecule has 0 saturated heterocycles. The lowest BCUT2D eigenvalue weighted by Crippen LogP contribution is -2.08. The van der Waals surface area contributed by atoms with E-state index in [4.69, 9.17) is 4.52 Å². The smallest absolute Gasteiger partial charge is 0.360 e. The molecule has 0 atom stereocenters. The molecule has 0 radical (unpaired) electrons. The van der Waals surface area contributed by atoms with Crippen molar-refractivity contribution in [3.8, 4) is 11.1 Å². The lowest BCUT2D eigenvalue weighted by molar-refractivity contribution is -0.141. The average Bonchev–Trinajstić information content (AvgIpc) is 3.22. The molecule has 1 fully saturated rings. The van der Waals surface area contributed by atoms with Gasteiger partial charge in [0, 0.05) is 23.4 Å². The van der Waals surface area contributed by atoms with Gasteiger partial charge in [0.05, 0.1) is 11.8 Å². The fraction of sp³-hybridized carbons (Fsp3) is 0.294. The predicted octanol–water partition coefficient (Wildman–Crippen LogP) is 5.26. The Morgan fingerprint density at radius 2 is 1.88 bits per heavy atom. The highest BCUT2D eigenvalue weighted by Gasteiger charge is 2.42. The maximum Gasteiger partial charge on any atom is 0.435 e. The summed E-state index contributed by atoms with van der Waals surface area (Å²) in [7, 11) is 1.45. The van der Waals surface area contributed by atoms with Crippen molar-refractivity contribution in [1.82, 2.24) is 14.9 Å². The second kappa shape index (κ2) is 6.15. The van der Waals surface area contributed by atoms with E-state index in [0.717, 1.165) is 24.6 Å². The van der Waals surface area contributed by atoms with Crippen molar-refractivity contribution in [1.29, 1.82) is 0 Å². The van der Waals surface area contributed by atoms with Crippen LogP contribution in [0, 0.1) is 5.82 Å². The number of nitrogens with zero attached hydrogens (tertiary/aromatic N) is 3. The molecule has 4 nitrogen and oxygen atoms in total. The zero-order valence-electron chi connectivity index (χ0n) is 13.5. The van der Waals surface area contributed by atoms with Gasteiger partial charge in [0.25, 0.3) is 0 Å². The number of aromatic nitrogens is 3. The first-order valence-electron chi connectivity index (χ1n) is 7.87. The number of hydrogen-bond donors (Lipinski definition) is 0. The highest BCUT2D eigenvalue weighted by Crippen LogP contribution is 2.49. The SMILES string of the molecule is Cn1nc(C(F)(F)F)c(-c2cnoc2C2CC2)c1Sc1ccc(F)cc1. The Morgan fingerprint density at radius 1 is 1.19 bits per heavy atom. The van der Waals surface area contributed by atoms with Crippen LogP contribution in [0.3, 0.4) is 0 Å². The summed E-state index contributed by atoms with van der Waals surface area (Å²) in [5, 5.41) is 7.71. The molecule has 1 aromatic carbocycles. The van der Waals surface area contributed by atoms with E-state index in [-0.39, 0.29) is 11.5 Å². The molecule has 0 N–H and O–H groups in total. The third-order valence-electron chi connectivity index (χ3n) is 4.11. The van der Waals surface area contributed by atoms with Gasteiger partial charge in [0.15, 0.2) is 5.69 Å². The van der Waals surface area contributed by atoms with Crippen molar-refractivity contribution in [2.45, 2.75) is 34.9 Å². The van der Waals surface area contributed by atoms with Gasteiger partial charge in [-0.15, -0.1) is 0 Å². The maximum absolute atomic E-state index is 13.6. The molecule has 26 heavy (non-hydrogen) atoms. The van der Waals surface area contributed by atoms with E-state index in [0.29, 0.717) is 21.2 Å². The van der Waals surface area contributed by atoms with Gasteiger partial charge in [-0.25, -0.2) is 4.39 Å². The van der Waals surface area contributed by atoms with Crippen LogP contribution in [0.25, 0.3) is 11.1 Å². The molecule has 1 aliphatic carbocycles. The Bertz CT molecular complexity index is 942. The van der Waals surface area contributed by atoms with Gasteiger partial charge in [0.2, 0.25) is 0 Å². The van der Waals surface area contributed by atoms with Gasteiger partial charge in [-0.3, -0.25) is 4.68 Å². The first kappa shape index (κ1) is 17.1. The molecule has 136 valence electrons. The molecule has 2 heterocycles. The summed E-state index contributed by atoms with van der Waals surface area (Å²) in [5.74, 6) is 0.146. The lowest BCUT2D eigenvalue weighted by atomic mass is 10.1. The first-order valence-corrected chi connectivity index (χ1v) is 8.69. The first-order chi connectivity index (χ1) is 12.3. The van der Waals surface area contributed by atoms with Crippen LogP contribution in [0.5, 0.6) is 0 Å². The van der Waals surface area contributed by atoms with E-state index in [1.54, 1.807) is 0 Å². The summed E-state index contributed by atoms with van der Waals surface area (Å²) in [5.41, 5.74) is -0.704. The summed E-state index contributed by atoms with van der Waals surface area (Å²) in [4.78, 5) is 0.605. The number of rotatable bonds is 4. The van der Waals surface area contributed by atoms with Crippen LogP contribution >= 0.6 is 11.8 Å². The fourth-order valence-electron chi connectivity index (χ4n) is 2.76. The average molecular weight is 383 g/mol. The van der Waals surface area contributed by atoms with Gasteiger partial charge >= 0.3 is 6.18 Å². The van der Waals surface area contributed by atoms with Crippen molar-refractivity contribution in [2.24, 2.45) is 7.05 Å². The highest BCUT2D eigenvalue weighted by molar-refractivity contribution is 7.99. The van der Waals surface area contributed by atoms with Crippen molar-refractivity contribution >= 4 is 11.8 Å². The zero-order valence-corrected chi connectivity index (χ0v) is 14.4. The molecule has 2 aromatic heterocycles. The van der Waals surface area contributed by atoms with Crippen LogP contribution in [-0.4, -0.2) is 14.9 Å². The Morgan fingerprint density at radius 3 is 2.50 bits per heavy atom. The predicted molar refractivity (Wildman–Crippen MR) is 86.2 cm³/mol. The van der Waals surface area contributed by atoms with Gasteiger partial charge in [-0.05, 0) is 37.1 Å². The van der Waals surface area contributed by atoms with Gasteiger partial charge in [-0.2, -0.15) is 18.3 Å². The van der Waals surface area contributed by atoms with Crippen LogP contribution < -0.4 is 0 Å². The number of benzene rings is 1. The van der Waals surface area contributed by atoms with Crippen molar-refractivity contribution in [3.05, 3.63) is 47.7 Å². The van der Waals surface area contributed by atoms with Crippen LogP contribution in [0.15, 0.2) is 44.9 Å². The lowest BCUT2D eigenvalue weighted by Gasteiger charge is -2.08. The minimum Gasteiger partial charge on any atom is -0.360 e. The molecule has 0 aliphatic heterocycles. The number of hydrogen-bond acceptors (Lipinski definition) is 4. The summed E-state index contributed by atoms with van der Waals surface area (Å²) < 4.78 is 60.3. The fourth-order valence-corrected chi connectivity index (χ4v) is 3.73. The van der Waals surface area contributed by atoms with Crippen LogP contribution in [0.1, 0.15) is 30.2 Å². The van der Waals surface area contributed by atoms with E-state index < -0.39 is 17.7 Å². The third-order valence-corrected chi connectivity index (χ3v) is 5.28. The quantitative estimate of drug-likeness (QED) is 0.577. The Kier molecular flexibility index (Phi) is 4.06. The summed E-state index contributed by atoms with van der Waals surface area (Å²) in [6.45, 7) is 0. The molecule has 0 spiro atoms. The number of aryl methyl sites for hydroxylation is 1. The minimum absolute atomic E-state index is 0.0440. The van der Waals surface area contributed by atoms with Crippen LogP contribution in [0.2, 0.25) is 0 Å². The summed E-state index contributed by atoms with van der Waals surface area (Å²) >= 11 is 1.09. The van der Waals surface area contributed by atoms with Gasteiger partial charge < -0.3 is 4.52 Å². The number of alkyl halides is 3. The van der Waals surface area contributed by atoms with Crippen molar-refractivity contribution in [3.63, 3.8) is 0 Å². The maximum atomic E-state index is 13.6. The monoisotopic (exact) mass is 383 g/mol. The van der Waals surface area contributed by atoms with E-state index in [1.807, 2.05) is 0 Å². The molecule has 9 heteroatoms. The van der Waals surface area contributed by atoms with Crippen molar-refractivity contribution < 1.29 is 22.1 Å². The summed E-state index contributed by atoms with van der Waals surface area (Å²) in [6.07, 6.45) is -1.57. The standard InChI is InChI=1S/C17H13F4N3OS/c1-24-16(26-11-6-4-10(18)5-7-11)13(15(23-24)17(19,20)21)12-8-22-25-14(12)9-2-3-9/h4-9H,2-3H2,1H3. The third kappa shape index (κ3) is 3.11. The Balaban J connectivity index is 1.86. The molecular weight excluding hydrogens is 370 g/mol. The van der Waals surface area contributed by atoms with E-state index in [1.165, 1.54) is 42.2 Å². The van der Waals surface area contributed by atoms with E-state index in [9.17, 15) is 17.6 Å². The van der Waals surface area contributed by atoms with E-state index >= 15 is 0 Å². The molecule has 0 unspecified atom stereocenters. The molecule has 0 amide bonds. The normalized spacial score (nSPS) is 14.8. The summed E-state index contributed by atoms with van der Waals surface area (Å²) in [6, 6.07) is 5.55. The van der Waals surface area contributed by atoms with Crippen LogP contribution in [0.4, 0.5) is 17.6 Å². The molecular formula is C17H13F4N3OS. The minimum atomic E-state index is -4.62. The molecule has 3 aromatic rings. The molecule has 4 rings (SSSR count). The second-order valence-electron chi connectivity index (χ2n) is 6.08. The van der Waals surface area contributed by atoms with Gasteiger partial charge in [-0.1, -0.05) is 16.9 Å². The Labute approximate surface area is 150 Å². The number of halogens is 4. The van der Waals surface area contributed by atoms with Gasteiger partial charge in [0.1, 0.15) is 16.6 Å². The molecule has 0 bridgehead atoms. The second-order valence-corrected chi connectivity index (χ2v) is 7.15. The van der Waals surface area contributed by atoms with Crippen LogP contribution in [-0.2, 0) is 13.2 Å². The topological polar surface area (TPSA) is 43.9 Å². The molecule has 1 saturated carbocycles. The zero-order chi connectivity index (χ0) is 18.5. The highest BCUT2D eigenvalue weighted by atomic mass is 32.2. The molecule has 1 aliphatic rings. The Hall–Kier alpha value is -2.29.